The van der Waals surface area contributed by atoms with Gasteiger partial charge < -0.3 is 4.89 Å². The Hall–Kier alpha value is -3.56. The van der Waals surface area contributed by atoms with Crippen LogP contribution in [0.3, 0.4) is 0 Å². The third kappa shape index (κ3) is 4.22. The second-order valence-electron chi connectivity index (χ2n) is 6.39. The Morgan fingerprint density at radius 3 is 2.14 bits per heavy atom. The van der Waals surface area contributed by atoms with Gasteiger partial charge in [0.1, 0.15) is 5.69 Å². The molecule has 138 valence electrons. The number of benzene rings is 4. The number of nitrogens with one attached hydrogen (secondary N) is 1. The molecular formula is C25H21NO2. The van der Waals surface area contributed by atoms with Gasteiger partial charge in [0.15, 0.2) is 5.75 Å². The molecule has 0 amide bonds. The number of hydrogen-bond acceptors (Lipinski definition) is 3. The molecule has 0 atom stereocenters. The molecule has 0 radical (unpaired) electrons. The Balaban J connectivity index is 0.000000112. The minimum atomic E-state index is 0.734. The van der Waals surface area contributed by atoms with Crippen molar-refractivity contribution in [2.24, 2.45) is 0 Å². The second-order valence-corrected chi connectivity index (χ2v) is 6.39. The van der Waals surface area contributed by atoms with Crippen LogP contribution in [0.2, 0.25) is 0 Å². The Morgan fingerprint density at radius 2 is 1.39 bits per heavy atom. The molecule has 0 saturated heterocycles. The molecule has 4 aromatic rings. The summed E-state index contributed by atoms with van der Waals surface area (Å²) in [6, 6.07) is 32.5. The van der Waals surface area contributed by atoms with Crippen molar-refractivity contribution in [2.45, 2.75) is 6.42 Å². The molecule has 4 aromatic carbocycles. The number of hydrogen-bond donors (Lipinski definition) is 1. The average Bonchev–Trinajstić information content (AvgIpc) is 3.26. The predicted octanol–water partition coefficient (Wildman–Crippen LogP) is 6.43. The van der Waals surface area contributed by atoms with Crippen LogP contribution < -0.4 is 10.4 Å². The van der Waals surface area contributed by atoms with Crippen molar-refractivity contribution in [1.82, 2.24) is 0 Å². The van der Waals surface area contributed by atoms with Gasteiger partial charge in [0.2, 0.25) is 0 Å². The Kier molecular flexibility index (Phi) is 5.66. The maximum absolute atomic E-state index is 4.69. The van der Waals surface area contributed by atoms with Crippen molar-refractivity contribution in [3.05, 3.63) is 114 Å². The highest BCUT2D eigenvalue weighted by molar-refractivity contribution is 5.94. The lowest BCUT2D eigenvalue weighted by atomic mass is 9.93. The Morgan fingerprint density at radius 1 is 0.679 bits per heavy atom. The summed E-state index contributed by atoms with van der Waals surface area (Å²) < 4.78 is 0. The third-order valence-electron chi connectivity index (χ3n) is 4.50. The molecule has 3 heteroatoms. The maximum Gasteiger partial charge on any atom is 0.193 e. The lowest BCUT2D eigenvalue weighted by molar-refractivity contribution is -0.160. The average molecular weight is 367 g/mol. The van der Waals surface area contributed by atoms with E-state index in [1.165, 1.54) is 21.9 Å². The van der Waals surface area contributed by atoms with Crippen LogP contribution in [0.4, 0.5) is 5.69 Å². The minimum Gasteiger partial charge on any atom is -0.312 e. The number of allylic oxidation sites excluding steroid dienone is 1. The van der Waals surface area contributed by atoms with Gasteiger partial charge in [0, 0.05) is 0 Å². The van der Waals surface area contributed by atoms with Gasteiger partial charge in [-0.15, -0.1) is 0 Å². The van der Waals surface area contributed by atoms with E-state index in [2.05, 4.69) is 63.9 Å². The van der Waals surface area contributed by atoms with E-state index in [0.29, 0.717) is 0 Å². The monoisotopic (exact) mass is 367 g/mol. The zero-order valence-electron chi connectivity index (χ0n) is 15.4. The van der Waals surface area contributed by atoms with Crippen LogP contribution in [0.25, 0.3) is 16.8 Å². The van der Waals surface area contributed by atoms with Crippen LogP contribution in [-0.4, -0.2) is 0 Å². The van der Waals surface area contributed by atoms with Crippen molar-refractivity contribution >= 4 is 22.5 Å². The van der Waals surface area contributed by atoms with Gasteiger partial charge >= 0.3 is 0 Å². The SMILES string of the molecule is C1=Cc2cccc3cccc(c23)C1.c1ccc2c(c1)NOO2.c1ccccc1. The fourth-order valence-electron chi connectivity index (χ4n) is 3.19. The molecule has 6 rings (SSSR count). The van der Waals surface area contributed by atoms with E-state index in [9.17, 15) is 0 Å². The van der Waals surface area contributed by atoms with Gasteiger partial charge in [0.25, 0.3) is 0 Å². The molecular weight excluding hydrogens is 346 g/mol. The first kappa shape index (κ1) is 17.8. The van der Waals surface area contributed by atoms with E-state index in [0.717, 1.165) is 17.9 Å². The molecule has 1 N–H and O–H groups in total. The lowest BCUT2D eigenvalue weighted by Crippen LogP contribution is -1.91. The fraction of sp³-hybridized carbons (Fsp3) is 0.0400. The van der Waals surface area contributed by atoms with E-state index in [1.807, 2.05) is 60.7 Å². The van der Waals surface area contributed by atoms with Crippen LogP contribution in [-0.2, 0) is 11.4 Å². The molecule has 1 aliphatic carbocycles. The number of anilines is 1. The molecule has 1 aliphatic heterocycles. The molecule has 2 aliphatic rings. The van der Waals surface area contributed by atoms with Gasteiger partial charge in [-0.25, -0.2) is 5.48 Å². The van der Waals surface area contributed by atoms with Crippen molar-refractivity contribution in [1.29, 1.82) is 0 Å². The molecule has 3 nitrogen and oxygen atoms in total. The topological polar surface area (TPSA) is 30.5 Å². The van der Waals surface area contributed by atoms with Crippen molar-refractivity contribution in [2.75, 3.05) is 5.48 Å². The van der Waals surface area contributed by atoms with Crippen LogP contribution in [0, 0.1) is 0 Å². The molecule has 1 heterocycles. The molecule has 0 aromatic heterocycles. The fourth-order valence-corrected chi connectivity index (χ4v) is 3.19. The summed E-state index contributed by atoms with van der Waals surface area (Å²) in [5, 5.41) is 2.80. The van der Waals surface area contributed by atoms with Crippen LogP contribution >= 0.6 is 0 Å². The summed E-state index contributed by atoms with van der Waals surface area (Å²) in [5.74, 6) is 0.734. The van der Waals surface area contributed by atoms with Gasteiger partial charge in [-0.2, -0.15) is 0 Å². The zero-order valence-corrected chi connectivity index (χ0v) is 15.4. The van der Waals surface area contributed by atoms with Gasteiger partial charge in [-0.3, -0.25) is 0 Å². The standard InChI is InChI=1S/C13H10.C6H5NO2.C6H6/c1-4-10-6-2-8-12-9-3-7-11(5-1)13(10)12;1-2-4-6-5(3-1)7-9-8-6;1-2-4-6-5-3-1/h1-8H,9H2;1-4,7H;1-6H. The zero-order chi connectivity index (χ0) is 19.0. The van der Waals surface area contributed by atoms with E-state index in [-0.39, 0.29) is 0 Å². The van der Waals surface area contributed by atoms with Crippen molar-refractivity contribution in [3.8, 4) is 5.75 Å². The van der Waals surface area contributed by atoms with Crippen molar-refractivity contribution < 1.29 is 9.88 Å². The van der Waals surface area contributed by atoms with E-state index < -0.39 is 0 Å². The van der Waals surface area contributed by atoms with E-state index in [1.54, 1.807) is 0 Å². The Labute approximate surface area is 164 Å². The van der Waals surface area contributed by atoms with Crippen molar-refractivity contribution in [3.63, 3.8) is 0 Å². The summed E-state index contributed by atoms with van der Waals surface area (Å²) in [5.41, 5.74) is 6.27. The number of fused-ring (bicyclic) bond motifs is 1. The van der Waals surface area contributed by atoms with E-state index >= 15 is 0 Å². The molecule has 28 heavy (non-hydrogen) atoms. The predicted molar refractivity (Wildman–Crippen MR) is 115 cm³/mol. The summed E-state index contributed by atoms with van der Waals surface area (Å²) in [6.07, 6.45) is 5.53. The minimum absolute atomic E-state index is 0.734. The summed E-state index contributed by atoms with van der Waals surface area (Å²) >= 11 is 0. The lowest BCUT2D eigenvalue weighted by Gasteiger charge is -2.11. The van der Waals surface area contributed by atoms with Crippen LogP contribution in [0.15, 0.2) is 103 Å². The number of rotatable bonds is 0. The highest BCUT2D eigenvalue weighted by atomic mass is 17.3. The highest BCUT2D eigenvalue weighted by Crippen LogP contribution is 2.28. The molecule has 0 bridgehead atoms. The summed E-state index contributed by atoms with van der Waals surface area (Å²) in [7, 11) is 0. The highest BCUT2D eigenvalue weighted by Gasteiger charge is 2.09. The van der Waals surface area contributed by atoms with Crippen LogP contribution in [0.5, 0.6) is 5.75 Å². The van der Waals surface area contributed by atoms with Crippen LogP contribution in [0.1, 0.15) is 11.1 Å². The van der Waals surface area contributed by atoms with E-state index in [4.69, 9.17) is 0 Å². The first-order valence-corrected chi connectivity index (χ1v) is 9.27. The maximum atomic E-state index is 4.69. The number of para-hydroxylation sites is 2. The smallest absolute Gasteiger partial charge is 0.193 e. The summed E-state index contributed by atoms with van der Waals surface area (Å²) in [4.78, 5) is 9.15. The molecule has 0 fully saturated rings. The quantitative estimate of drug-likeness (QED) is 0.363. The molecule has 0 unspecified atom stereocenters. The molecule has 0 spiro atoms. The normalized spacial score (nSPS) is 12.4. The van der Waals surface area contributed by atoms with Gasteiger partial charge in [-0.05, 0) is 40.5 Å². The Bertz CT molecular complexity index is 1020. The second kappa shape index (κ2) is 8.89. The third-order valence-corrected chi connectivity index (χ3v) is 4.50. The van der Waals surface area contributed by atoms with Gasteiger partial charge in [0.05, 0.1) is 0 Å². The largest absolute Gasteiger partial charge is 0.312 e. The first-order valence-electron chi connectivity index (χ1n) is 9.27. The summed E-state index contributed by atoms with van der Waals surface area (Å²) in [6.45, 7) is 0. The van der Waals surface area contributed by atoms with Gasteiger partial charge in [-0.1, -0.05) is 102 Å². The first-order chi connectivity index (χ1) is 13.9. The molecule has 0 saturated carbocycles.